The highest BCUT2D eigenvalue weighted by Crippen LogP contribution is 1.97. The van der Waals surface area contributed by atoms with Gasteiger partial charge in [0, 0.05) is 12.1 Å². The molecule has 0 saturated carbocycles. The van der Waals surface area contributed by atoms with Crippen molar-refractivity contribution in [3.8, 4) is 0 Å². The Kier molecular flexibility index (Phi) is 4.36. The number of allylic oxidation sites excluding steroid dienone is 1. The molecule has 0 radical (unpaired) electrons. The van der Waals surface area contributed by atoms with Gasteiger partial charge in [-0.2, -0.15) is 6.20 Å². The van der Waals surface area contributed by atoms with E-state index in [1.54, 1.807) is 0 Å². The van der Waals surface area contributed by atoms with Crippen molar-refractivity contribution in [2.45, 2.75) is 6.42 Å². The molecule has 0 aromatic rings. The fourth-order valence-electron chi connectivity index (χ4n) is 0.295. The first-order valence-electron chi connectivity index (χ1n) is 2.28. The van der Waals surface area contributed by atoms with Gasteiger partial charge in [-0.25, -0.2) is 0 Å². The number of alkyl halides is 1. The number of halogens is 1. The molecule has 0 aliphatic heterocycles. The first-order valence-corrected chi connectivity index (χ1v) is 2.81. The highest BCUT2D eigenvalue weighted by atomic mass is 35.5. The van der Waals surface area contributed by atoms with Crippen molar-refractivity contribution in [2.24, 2.45) is 0 Å². The average molecular weight is 132 g/mol. The molecule has 8 heavy (non-hydrogen) atoms. The molecule has 0 rings (SSSR count). The van der Waals surface area contributed by atoms with Crippen LogP contribution in [0.2, 0.25) is 0 Å². The average Bonchev–Trinajstić information content (AvgIpc) is 1.83. The molecular weight excluding hydrogens is 124 g/mol. The molecule has 0 saturated heterocycles. The Labute approximate surface area is 53.8 Å². The number of nitrogens with one attached hydrogen (secondary N) is 2. The zero-order valence-electron chi connectivity index (χ0n) is 4.45. The van der Waals surface area contributed by atoms with Crippen LogP contribution < -0.4 is 0 Å². The third-order valence-electron chi connectivity index (χ3n) is 0.754. The predicted molar refractivity (Wildman–Crippen MR) is 36.5 cm³/mol. The van der Waals surface area contributed by atoms with E-state index in [0.29, 0.717) is 17.9 Å². The molecule has 0 spiro atoms. The maximum Gasteiger partial charge on any atom is 0.0263 e. The smallest absolute Gasteiger partial charge is 0.0263 e. The van der Waals surface area contributed by atoms with Crippen LogP contribution in [0.1, 0.15) is 6.42 Å². The SMILES string of the molecule is N=C/C(=C\[NH-])CCCl. The largest absolute Gasteiger partial charge is 0.705 e. The molecule has 46 valence electrons. The summed E-state index contributed by atoms with van der Waals surface area (Å²) in [6.07, 6.45) is 2.92. The van der Waals surface area contributed by atoms with Crippen LogP contribution in [0.25, 0.3) is 5.73 Å². The van der Waals surface area contributed by atoms with Crippen LogP contribution in [0, 0.1) is 5.41 Å². The van der Waals surface area contributed by atoms with E-state index in [0.717, 1.165) is 12.4 Å². The molecule has 0 aliphatic rings. The van der Waals surface area contributed by atoms with Gasteiger partial charge in [-0.3, -0.25) is 0 Å². The van der Waals surface area contributed by atoms with Crippen LogP contribution >= 0.6 is 11.6 Å². The van der Waals surface area contributed by atoms with Gasteiger partial charge in [0.1, 0.15) is 0 Å². The molecule has 0 fully saturated rings. The van der Waals surface area contributed by atoms with Crippen molar-refractivity contribution in [1.29, 1.82) is 5.41 Å². The Morgan fingerprint density at radius 2 is 2.38 bits per heavy atom. The van der Waals surface area contributed by atoms with Crippen molar-refractivity contribution in [3.63, 3.8) is 0 Å². The van der Waals surface area contributed by atoms with Crippen molar-refractivity contribution >= 4 is 17.8 Å². The van der Waals surface area contributed by atoms with E-state index in [4.69, 9.17) is 22.7 Å². The second-order valence-corrected chi connectivity index (χ2v) is 1.68. The minimum atomic E-state index is 0.486. The van der Waals surface area contributed by atoms with Gasteiger partial charge in [-0.15, -0.1) is 11.6 Å². The van der Waals surface area contributed by atoms with Crippen LogP contribution in [0.3, 0.4) is 0 Å². The van der Waals surface area contributed by atoms with Gasteiger partial charge in [-0.05, 0) is 6.42 Å². The van der Waals surface area contributed by atoms with Crippen molar-refractivity contribution < 1.29 is 0 Å². The Balaban J connectivity index is 3.54. The van der Waals surface area contributed by atoms with Crippen LogP contribution in [0.5, 0.6) is 0 Å². The molecule has 0 amide bonds. The summed E-state index contributed by atoms with van der Waals surface area (Å²) >= 11 is 5.33. The second kappa shape index (κ2) is 4.65. The zero-order chi connectivity index (χ0) is 6.41. The molecule has 3 heteroatoms. The standard InChI is InChI=1S/C5H8ClN2/c6-2-1-5(3-7)4-8/h3-4,7-8H,1-2H2/q-1/b5-3-,8-4?. The van der Waals surface area contributed by atoms with Crippen molar-refractivity contribution in [1.82, 2.24) is 0 Å². The van der Waals surface area contributed by atoms with Gasteiger partial charge in [-0.1, -0.05) is 5.57 Å². The summed E-state index contributed by atoms with van der Waals surface area (Å²) in [5, 5.41) is 6.69. The summed E-state index contributed by atoms with van der Waals surface area (Å²) < 4.78 is 0. The minimum Gasteiger partial charge on any atom is -0.705 e. The van der Waals surface area contributed by atoms with Crippen LogP contribution in [0.4, 0.5) is 0 Å². The number of hydrogen-bond donors (Lipinski definition) is 1. The quantitative estimate of drug-likeness (QED) is 0.451. The highest BCUT2D eigenvalue weighted by molar-refractivity contribution is 6.18. The van der Waals surface area contributed by atoms with Crippen LogP contribution in [0.15, 0.2) is 11.8 Å². The zero-order valence-corrected chi connectivity index (χ0v) is 5.20. The lowest BCUT2D eigenvalue weighted by Gasteiger charge is -1.96. The highest BCUT2D eigenvalue weighted by Gasteiger charge is 1.83. The maximum absolute atomic E-state index is 6.69. The molecule has 0 unspecified atom stereocenters. The van der Waals surface area contributed by atoms with Crippen molar-refractivity contribution in [2.75, 3.05) is 5.88 Å². The van der Waals surface area contributed by atoms with Crippen molar-refractivity contribution in [3.05, 3.63) is 17.5 Å². The number of rotatable bonds is 3. The number of hydrogen-bond acceptors (Lipinski definition) is 1. The summed E-state index contributed by atoms with van der Waals surface area (Å²) in [6, 6.07) is 0. The van der Waals surface area contributed by atoms with Gasteiger partial charge in [0.25, 0.3) is 0 Å². The molecular formula is C5H8ClN2-. The molecule has 0 atom stereocenters. The molecule has 2 N–H and O–H groups in total. The molecule has 0 aliphatic carbocycles. The third-order valence-corrected chi connectivity index (χ3v) is 0.943. The Hall–Kier alpha value is -0.500. The second-order valence-electron chi connectivity index (χ2n) is 1.30. The topological polar surface area (TPSA) is 47.7 Å². The normalized spacial score (nSPS) is 11.4. The summed E-state index contributed by atoms with van der Waals surface area (Å²) in [4.78, 5) is 0. The van der Waals surface area contributed by atoms with E-state index in [2.05, 4.69) is 0 Å². The van der Waals surface area contributed by atoms with E-state index in [1.165, 1.54) is 0 Å². The van der Waals surface area contributed by atoms with Crippen LogP contribution in [-0.4, -0.2) is 12.1 Å². The van der Waals surface area contributed by atoms with Gasteiger partial charge >= 0.3 is 0 Å². The lowest BCUT2D eigenvalue weighted by atomic mass is 10.2. The Bertz CT molecular complexity index is 98.6. The summed E-state index contributed by atoms with van der Waals surface area (Å²) in [7, 11) is 0. The first kappa shape index (κ1) is 7.50. The van der Waals surface area contributed by atoms with E-state index < -0.39 is 0 Å². The lowest BCUT2D eigenvalue weighted by Crippen LogP contribution is -1.82. The molecule has 2 nitrogen and oxygen atoms in total. The van der Waals surface area contributed by atoms with Gasteiger partial charge in [0.15, 0.2) is 0 Å². The van der Waals surface area contributed by atoms with Gasteiger partial charge < -0.3 is 11.1 Å². The Morgan fingerprint density at radius 3 is 2.50 bits per heavy atom. The molecule has 0 bridgehead atoms. The maximum atomic E-state index is 6.69. The summed E-state index contributed by atoms with van der Waals surface area (Å²) in [6.45, 7) is 0. The fourth-order valence-corrected chi connectivity index (χ4v) is 0.513. The van der Waals surface area contributed by atoms with E-state index in [-0.39, 0.29) is 0 Å². The summed E-state index contributed by atoms with van der Waals surface area (Å²) in [5.74, 6) is 0.486. The first-order chi connectivity index (χ1) is 3.85. The summed E-state index contributed by atoms with van der Waals surface area (Å²) in [5.41, 5.74) is 7.36. The van der Waals surface area contributed by atoms with E-state index >= 15 is 0 Å². The monoisotopic (exact) mass is 131 g/mol. The molecule has 0 aromatic carbocycles. The van der Waals surface area contributed by atoms with E-state index in [1.807, 2.05) is 0 Å². The molecule has 0 heterocycles. The molecule has 0 aromatic heterocycles. The minimum absolute atomic E-state index is 0.486. The predicted octanol–water partition coefficient (Wildman–Crippen LogP) is 2.20. The third kappa shape index (κ3) is 2.64. The fraction of sp³-hybridized carbons (Fsp3) is 0.400. The van der Waals surface area contributed by atoms with E-state index in [9.17, 15) is 0 Å². The lowest BCUT2D eigenvalue weighted by molar-refractivity contribution is 1.18. The van der Waals surface area contributed by atoms with Gasteiger partial charge in [0.05, 0.1) is 0 Å². The Morgan fingerprint density at radius 1 is 1.75 bits per heavy atom. The van der Waals surface area contributed by atoms with Crippen LogP contribution in [-0.2, 0) is 0 Å². The van der Waals surface area contributed by atoms with Gasteiger partial charge in [0.2, 0.25) is 0 Å².